The minimum absolute atomic E-state index is 0.0649. The average Bonchev–Trinajstić information content (AvgIpc) is 3.07. The highest BCUT2D eigenvalue weighted by Gasteiger charge is 2.65. The van der Waals surface area contributed by atoms with Crippen molar-refractivity contribution in [3.63, 3.8) is 0 Å². The molecule has 0 heterocycles. The summed E-state index contributed by atoms with van der Waals surface area (Å²) in [6.07, 6.45) is 15.0. The van der Waals surface area contributed by atoms with Gasteiger partial charge < -0.3 is 9.47 Å². The van der Waals surface area contributed by atoms with Gasteiger partial charge in [0.05, 0.1) is 11.7 Å². The Labute approximate surface area is 224 Å². The van der Waals surface area contributed by atoms with Gasteiger partial charge in [-0.15, -0.1) is 0 Å². The van der Waals surface area contributed by atoms with Crippen LogP contribution in [0.5, 0.6) is 0 Å². The maximum atomic E-state index is 6.11. The van der Waals surface area contributed by atoms with Crippen molar-refractivity contribution < 1.29 is 9.47 Å². The number of methoxy groups -OCH3 is 2. The fraction of sp³-hybridized carbons (Fsp3) is 0.941. The highest BCUT2D eigenvalue weighted by molar-refractivity contribution is 5.32. The zero-order chi connectivity index (χ0) is 26.9. The zero-order valence-electron chi connectivity index (χ0n) is 26.1. The summed E-state index contributed by atoms with van der Waals surface area (Å²) in [5.41, 5.74) is 3.39. The van der Waals surface area contributed by atoms with Crippen LogP contribution in [-0.4, -0.2) is 25.9 Å². The largest absolute Gasteiger partial charge is 0.381 e. The van der Waals surface area contributed by atoms with Gasteiger partial charge in [-0.05, 0) is 115 Å². The van der Waals surface area contributed by atoms with Crippen molar-refractivity contribution in [1.29, 1.82) is 0 Å². The molecule has 4 aliphatic carbocycles. The topological polar surface area (TPSA) is 18.5 Å². The third-order valence-electron chi connectivity index (χ3n) is 13.9. The number of allylic oxidation sites excluding steroid dienone is 2. The quantitative estimate of drug-likeness (QED) is 0.338. The van der Waals surface area contributed by atoms with Crippen molar-refractivity contribution in [2.45, 2.75) is 139 Å². The Balaban J connectivity index is 1.59. The number of hydrogen-bond acceptors (Lipinski definition) is 2. The van der Waals surface area contributed by atoms with Gasteiger partial charge in [0, 0.05) is 14.2 Å². The molecule has 0 aliphatic heterocycles. The molecule has 4 rings (SSSR count). The highest BCUT2D eigenvalue weighted by Crippen LogP contribution is 2.73. The van der Waals surface area contributed by atoms with Crippen LogP contribution in [0.15, 0.2) is 11.6 Å². The second-order valence-corrected chi connectivity index (χ2v) is 16.2. The van der Waals surface area contributed by atoms with Gasteiger partial charge in [0.2, 0.25) is 0 Å². The predicted octanol–water partition coefficient (Wildman–Crippen LogP) is 9.47. The molecule has 3 fully saturated rings. The molecule has 0 N–H and O–H groups in total. The van der Waals surface area contributed by atoms with E-state index in [4.69, 9.17) is 9.47 Å². The Morgan fingerprint density at radius 1 is 0.917 bits per heavy atom. The molecule has 36 heavy (non-hydrogen) atoms. The molecule has 0 saturated heterocycles. The van der Waals surface area contributed by atoms with Crippen LogP contribution < -0.4 is 0 Å². The van der Waals surface area contributed by atoms with Gasteiger partial charge in [-0.2, -0.15) is 0 Å². The van der Waals surface area contributed by atoms with Gasteiger partial charge in [0.1, 0.15) is 0 Å². The van der Waals surface area contributed by atoms with Crippen LogP contribution in [-0.2, 0) is 9.47 Å². The van der Waals surface area contributed by atoms with E-state index in [0.29, 0.717) is 22.3 Å². The summed E-state index contributed by atoms with van der Waals surface area (Å²) in [4.78, 5) is 0. The van der Waals surface area contributed by atoms with E-state index in [1.807, 2.05) is 19.8 Å². The maximum absolute atomic E-state index is 6.11. The zero-order valence-corrected chi connectivity index (χ0v) is 26.1. The van der Waals surface area contributed by atoms with Crippen LogP contribution in [0.2, 0.25) is 0 Å². The molecule has 2 nitrogen and oxygen atoms in total. The molecule has 2 heteroatoms. The van der Waals surface area contributed by atoms with Gasteiger partial charge in [-0.25, -0.2) is 0 Å². The summed E-state index contributed by atoms with van der Waals surface area (Å²) < 4.78 is 12.1. The molecular formula is C34H60O2. The van der Waals surface area contributed by atoms with Gasteiger partial charge >= 0.3 is 0 Å². The smallest absolute Gasteiger partial charge is 0.0698 e. The molecule has 208 valence electrons. The normalized spacial score (nSPS) is 44.6. The Morgan fingerprint density at radius 2 is 1.58 bits per heavy atom. The second-order valence-electron chi connectivity index (χ2n) is 16.2. The second kappa shape index (κ2) is 9.11. The molecule has 9 unspecified atom stereocenters. The Hall–Kier alpha value is -0.340. The van der Waals surface area contributed by atoms with Crippen LogP contribution in [0.25, 0.3) is 0 Å². The van der Waals surface area contributed by atoms with E-state index >= 15 is 0 Å². The molecule has 9 atom stereocenters. The lowest BCUT2D eigenvalue weighted by molar-refractivity contribution is -0.130. The van der Waals surface area contributed by atoms with E-state index in [1.165, 1.54) is 51.4 Å². The lowest BCUT2D eigenvalue weighted by Crippen LogP contribution is -2.58. The van der Waals surface area contributed by atoms with Crippen molar-refractivity contribution in [2.75, 3.05) is 14.2 Å². The van der Waals surface area contributed by atoms with Crippen molar-refractivity contribution in [1.82, 2.24) is 0 Å². The fourth-order valence-corrected chi connectivity index (χ4v) is 10.6. The monoisotopic (exact) mass is 500 g/mol. The summed E-state index contributed by atoms with van der Waals surface area (Å²) in [6.45, 7) is 24.9. The third kappa shape index (κ3) is 3.92. The van der Waals surface area contributed by atoms with Gasteiger partial charge in [0.15, 0.2) is 0 Å². The van der Waals surface area contributed by atoms with Crippen LogP contribution in [0.1, 0.15) is 127 Å². The summed E-state index contributed by atoms with van der Waals surface area (Å²) >= 11 is 0. The molecule has 0 aromatic carbocycles. The lowest BCUT2D eigenvalue weighted by atomic mass is 9.41. The number of hydrogen-bond donors (Lipinski definition) is 0. The van der Waals surface area contributed by atoms with Crippen LogP contribution in [0, 0.1) is 50.7 Å². The molecule has 0 amide bonds. The first-order valence-corrected chi connectivity index (χ1v) is 15.3. The number of rotatable bonds is 6. The van der Waals surface area contributed by atoms with Crippen LogP contribution in [0.4, 0.5) is 0 Å². The first-order chi connectivity index (χ1) is 16.5. The minimum Gasteiger partial charge on any atom is -0.381 e. The molecule has 0 spiro atoms. The van der Waals surface area contributed by atoms with Crippen molar-refractivity contribution in [3.8, 4) is 0 Å². The van der Waals surface area contributed by atoms with E-state index in [-0.39, 0.29) is 16.4 Å². The van der Waals surface area contributed by atoms with Crippen molar-refractivity contribution >= 4 is 0 Å². The fourth-order valence-electron chi connectivity index (χ4n) is 10.6. The highest BCUT2D eigenvalue weighted by atomic mass is 16.5. The molecule has 4 aliphatic rings. The van der Waals surface area contributed by atoms with E-state index in [9.17, 15) is 0 Å². The van der Waals surface area contributed by atoms with E-state index in [1.54, 1.807) is 0 Å². The minimum atomic E-state index is -0.0649. The summed E-state index contributed by atoms with van der Waals surface area (Å²) in [7, 11) is 3.85. The van der Waals surface area contributed by atoms with Crippen LogP contribution >= 0.6 is 0 Å². The Morgan fingerprint density at radius 3 is 2.17 bits per heavy atom. The summed E-state index contributed by atoms with van der Waals surface area (Å²) in [5, 5.41) is 0. The van der Waals surface area contributed by atoms with Crippen molar-refractivity contribution in [2.24, 2.45) is 50.7 Å². The van der Waals surface area contributed by atoms with Gasteiger partial charge in [-0.1, -0.05) is 74.0 Å². The predicted molar refractivity (Wildman–Crippen MR) is 153 cm³/mol. The van der Waals surface area contributed by atoms with Crippen molar-refractivity contribution in [3.05, 3.63) is 11.6 Å². The molecule has 3 saturated carbocycles. The Bertz CT molecular complexity index is 850. The summed E-state index contributed by atoms with van der Waals surface area (Å²) in [6, 6.07) is 0. The number of ether oxygens (including phenoxy) is 2. The SMILES string of the molecule is COC1CCC2(C)C3=CCC4(C)C(C(C)CCC(C)(OC)C(C)(C)C)CCC4(C)C3CCC2C1(C)C. The molecule has 0 aromatic heterocycles. The van der Waals surface area contributed by atoms with E-state index in [2.05, 4.69) is 75.3 Å². The number of fused-ring (bicyclic) bond motifs is 5. The summed E-state index contributed by atoms with van der Waals surface area (Å²) in [5.74, 6) is 3.06. The van der Waals surface area contributed by atoms with Gasteiger partial charge in [0.25, 0.3) is 0 Å². The average molecular weight is 501 g/mol. The molecule has 0 aromatic rings. The van der Waals surface area contributed by atoms with Gasteiger partial charge in [-0.3, -0.25) is 0 Å². The van der Waals surface area contributed by atoms with Crippen LogP contribution in [0.3, 0.4) is 0 Å². The Kier molecular flexibility index (Phi) is 7.25. The standard InChI is InChI=1S/C34H60O2/c1-23(15-22-34(10,36-12)29(2,3)4)24-16-20-33(9)26-13-14-27-30(5,6)28(35-11)18-19-31(27,7)25(26)17-21-32(24,33)8/h17,23-24,26-28H,13-16,18-22H2,1-12H3. The first kappa shape index (κ1) is 28.7. The third-order valence-corrected chi connectivity index (χ3v) is 13.9. The van der Waals surface area contributed by atoms with E-state index < -0.39 is 0 Å². The molecule has 0 radical (unpaired) electrons. The maximum Gasteiger partial charge on any atom is 0.0698 e. The lowest BCUT2D eigenvalue weighted by Gasteiger charge is -2.64. The molecule has 0 bridgehead atoms. The van der Waals surface area contributed by atoms with E-state index in [0.717, 1.165) is 30.1 Å². The molecular weight excluding hydrogens is 440 g/mol. The first-order valence-electron chi connectivity index (χ1n) is 15.3.